The van der Waals surface area contributed by atoms with Gasteiger partial charge in [0.2, 0.25) is 11.6 Å². The number of ether oxygens (including phenoxy) is 1. The van der Waals surface area contributed by atoms with Crippen LogP contribution in [-0.2, 0) is 44.1 Å². The van der Waals surface area contributed by atoms with Gasteiger partial charge in [0.15, 0.2) is 23.3 Å². The molecule has 4 rings (SSSR count). The molecular formula is C22H25N11O5. The number of aryl methyl sites for hydroxylation is 4. The van der Waals surface area contributed by atoms with Crippen molar-refractivity contribution in [1.82, 2.24) is 38.2 Å². The fourth-order valence-corrected chi connectivity index (χ4v) is 3.51. The van der Waals surface area contributed by atoms with E-state index in [0.717, 1.165) is 0 Å². The number of imidazole rings is 4. The van der Waals surface area contributed by atoms with Gasteiger partial charge in [-0.05, 0) is 0 Å². The molecule has 0 aliphatic carbocycles. The highest BCUT2D eigenvalue weighted by molar-refractivity contribution is 6.05. The minimum Gasteiger partial charge on any atom is -0.469 e. The Morgan fingerprint density at radius 3 is 1.66 bits per heavy atom. The molecular weight excluding hydrogens is 498 g/mol. The van der Waals surface area contributed by atoms with Crippen LogP contribution in [0.4, 0.5) is 17.5 Å². The number of methoxy groups -OCH3 is 1. The van der Waals surface area contributed by atoms with Gasteiger partial charge in [-0.2, -0.15) is 0 Å². The normalized spacial score (nSPS) is 10.8. The Morgan fingerprint density at radius 1 is 0.711 bits per heavy atom. The van der Waals surface area contributed by atoms with Crippen molar-refractivity contribution >= 4 is 41.1 Å². The second-order valence-corrected chi connectivity index (χ2v) is 8.25. The van der Waals surface area contributed by atoms with Crippen LogP contribution in [0.1, 0.15) is 37.7 Å². The summed E-state index contributed by atoms with van der Waals surface area (Å²) in [4.78, 5) is 66.0. The molecule has 0 saturated carbocycles. The quantitative estimate of drug-likeness (QED) is 0.269. The zero-order chi connectivity index (χ0) is 27.6. The van der Waals surface area contributed by atoms with Crippen molar-refractivity contribution < 1.29 is 23.9 Å². The van der Waals surface area contributed by atoms with Crippen LogP contribution in [-0.4, -0.2) is 69.0 Å². The largest absolute Gasteiger partial charge is 0.469 e. The van der Waals surface area contributed by atoms with E-state index >= 15 is 0 Å². The van der Waals surface area contributed by atoms with E-state index in [0.29, 0.717) is 5.82 Å². The van der Waals surface area contributed by atoms with Gasteiger partial charge in [0.05, 0.1) is 7.11 Å². The number of carbonyl (C=O) groups is 4. The number of hydrogen-bond donors (Lipinski definition) is 3. The van der Waals surface area contributed by atoms with Gasteiger partial charge in [-0.3, -0.25) is 19.2 Å². The van der Waals surface area contributed by atoms with Crippen LogP contribution in [0.2, 0.25) is 0 Å². The standard InChI is InChI=1S/C22H25N11O5/c1-30-7-6-23-17(30)20(35)28-13-10-32(3)19(25-13)22(37)29-14-11-33(4)18(26-14)21(36)27-12-9-31(2)15(24-12)8-16(34)38-5/h6-7,9-11H,8H2,1-5H3,(H,27,36)(H,28,35)(H,29,37). The van der Waals surface area contributed by atoms with Crippen molar-refractivity contribution in [1.29, 1.82) is 0 Å². The van der Waals surface area contributed by atoms with E-state index in [4.69, 9.17) is 0 Å². The summed E-state index contributed by atoms with van der Waals surface area (Å²) in [5.41, 5.74) is 0. The van der Waals surface area contributed by atoms with E-state index in [1.165, 1.54) is 34.8 Å². The molecule has 4 heterocycles. The summed E-state index contributed by atoms with van der Waals surface area (Å²) in [5, 5.41) is 7.80. The molecule has 0 aliphatic rings. The number of nitrogens with one attached hydrogen (secondary N) is 3. The van der Waals surface area contributed by atoms with E-state index in [1.54, 1.807) is 49.7 Å². The number of esters is 1. The molecule has 16 heteroatoms. The van der Waals surface area contributed by atoms with Crippen LogP contribution in [0.15, 0.2) is 31.0 Å². The Kier molecular flexibility index (Phi) is 7.04. The van der Waals surface area contributed by atoms with Crippen molar-refractivity contribution in [2.24, 2.45) is 28.2 Å². The van der Waals surface area contributed by atoms with Gasteiger partial charge in [-0.1, -0.05) is 0 Å². The van der Waals surface area contributed by atoms with Crippen LogP contribution < -0.4 is 16.0 Å². The first-order chi connectivity index (χ1) is 18.0. The molecule has 38 heavy (non-hydrogen) atoms. The van der Waals surface area contributed by atoms with E-state index in [-0.39, 0.29) is 41.3 Å². The lowest BCUT2D eigenvalue weighted by Gasteiger charge is -2.02. The predicted molar refractivity (Wildman–Crippen MR) is 132 cm³/mol. The van der Waals surface area contributed by atoms with Crippen LogP contribution in [0.5, 0.6) is 0 Å². The first-order valence-electron chi connectivity index (χ1n) is 11.1. The SMILES string of the molecule is COC(=O)Cc1nc(NC(=O)c2nc(NC(=O)c3nc(NC(=O)c4nccn4C)cn3C)cn2C)cn1C. The van der Waals surface area contributed by atoms with Gasteiger partial charge < -0.3 is 39.0 Å². The highest BCUT2D eigenvalue weighted by Gasteiger charge is 2.21. The molecule has 0 radical (unpaired) electrons. The third kappa shape index (κ3) is 5.43. The fourth-order valence-electron chi connectivity index (χ4n) is 3.51. The molecule has 0 saturated heterocycles. The molecule has 0 aromatic carbocycles. The summed E-state index contributed by atoms with van der Waals surface area (Å²) >= 11 is 0. The van der Waals surface area contributed by atoms with Gasteiger partial charge in [0.25, 0.3) is 17.7 Å². The average Bonchev–Trinajstić information content (AvgIpc) is 3.61. The number of hydrogen-bond acceptors (Lipinski definition) is 9. The first kappa shape index (κ1) is 25.8. The zero-order valence-electron chi connectivity index (χ0n) is 21.2. The number of anilines is 3. The summed E-state index contributed by atoms with van der Waals surface area (Å²) < 4.78 is 10.7. The number of aromatic nitrogens is 8. The second kappa shape index (κ2) is 10.4. The number of nitrogens with zero attached hydrogens (tertiary/aromatic N) is 8. The maximum atomic E-state index is 12.8. The third-order valence-corrected chi connectivity index (χ3v) is 5.41. The summed E-state index contributed by atoms with van der Waals surface area (Å²) in [5.74, 6) is -1.03. The number of rotatable bonds is 8. The Hall–Kier alpha value is -5.28. The summed E-state index contributed by atoms with van der Waals surface area (Å²) in [6.07, 6.45) is 7.56. The lowest BCUT2D eigenvalue weighted by atomic mass is 10.4. The maximum absolute atomic E-state index is 12.8. The van der Waals surface area contributed by atoms with E-state index < -0.39 is 23.7 Å². The van der Waals surface area contributed by atoms with Crippen LogP contribution in [0.25, 0.3) is 0 Å². The molecule has 0 atom stereocenters. The molecule has 0 aliphatic heterocycles. The van der Waals surface area contributed by atoms with Gasteiger partial charge in [0, 0.05) is 59.2 Å². The average molecular weight is 524 g/mol. The molecule has 0 unspecified atom stereocenters. The second-order valence-electron chi connectivity index (χ2n) is 8.25. The molecule has 0 spiro atoms. The summed E-state index contributed by atoms with van der Waals surface area (Å²) in [6.45, 7) is 0. The summed E-state index contributed by atoms with van der Waals surface area (Å²) in [6, 6.07) is 0. The molecule has 198 valence electrons. The molecule has 4 aromatic rings. The third-order valence-electron chi connectivity index (χ3n) is 5.41. The van der Waals surface area contributed by atoms with Gasteiger partial charge in [-0.15, -0.1) is 0 Å². The topological polar surface area (TPSA) is 185 Å². The molecule has 16 nitrogen and oxygen atoms in total. The lowest BCUT2D eigenvalue weighted by Crippen LogP contribution is -2.19. The van der Waals surface area contributed by atoms with Crippen LogP contribution >= 0.6 is 0 Å². The lowest BCUT2D eigenvalue weighted by molar-refractivity contribution is -0.139. The Morgan fingerprint density at radius 2 is 1.18 bits per heavy atom. The fraction of sp³-hybridized carbons (Fsp3) is 0.273. The monoisotopic (exact) mass is 523 g/mol. The van der Waals surface area contributed by atoms with Gasteiger partial charge >= 0.3 is 5.97 Å². The van der Waals surface area contributed by atoms with Crippen molar-refractivity contribution in [2.45, 2.75) is 6.42 Å². The number of amides is 3. The molecule has 4 aromatic heterocycles. The van der Waals surface area contributed by atoms with Gasteiger partial charge in [-0.25, -0.2) is 19.9 Å². The van der Waals surface area contributed by atoms with Gasteiger partial charge in [0.1, 0.15) is 12.2 Å². The Balaban J connectivity index is 1.42. The minimum absolute atomic E-state index is 0.00308. The van der Waals surface area contributed by atoms with Crippen molar-refractivity contribution in [3.8, 4) is 0 Å². The number of carbonyl (C=O) groups excluding carboxylic acids is 4. The van der Waals surface area contributed by atoms with Crippen LogP contribution in [0, 0.1) is 0 Å². The minimum atomic E-state index is -0.604. The molecule has 0 bridgehead atoms. The highest BCUT2D eigenvalue weighted by Crippen LogP contribution is 2.14. The van der Waals surface area contributed by atoms with E-state index in [2.05, 4.69) is 40.6 Å². The summed E-state index contributed by atoms with van der Waals surface area (Å²) in [7, 11) is 7.82. The maximum Gasteiger partial charge on any atom is 0.313 e. The predicted octanol–water partition coefficient (Wildman–Crippen LogP) is 0.0930. The van der Waals surface area contributed by atoms with E-state index in [9.17, 15) is 19.2 Å². The Labute approximate surface area is 215 Å². The molecule has 0 fully saturated rings. The van der Waals surface area contributed by atoms with Crippen molar-refractivity contribution in [2.75, 3.05) is 23.1 Å². The van der Waals surface area contributed by atoms with Crippen LogP contribution in [0.3, 0.4) is 0 Å². The smallest absolute Gasteiger partial charge is 0.313 e. The zero-order valence-corrected chi connectivity index (χ0v) is 21.2. The highest BCUT2D eigenvalue weighted by atomic mass is 16.5. The molecule has 3 N–H and O–H groups in total. The van der Waals surface area contributed by atoms with E-state index in [1.807, 2.05) is 0 Å². The first-order valence-corrected chi connectivity index (χ1v) is 11.1. The molecule has 3 amide bonds. The van der Waals surface area contributed by atoms with Crippen molar-refractivity contribution in [3.63, 3.8) is 0 Å². The Bertz CT molecular complexity index is 1540. The van der Waals surface area contributed by atoms with Crippen molar-refractivity contribution in [3.05, 3.63) is 54.3 Å².